The van der Waals surface area contributed by atoms with Gasteiger partial charge >= 0.3 is 11.9 Å². The molecule has 1 heterocycles. The van der Waals surface area contributed by atoms with E-state index < -0.39 is 11.9 Å². The number of ether oxygens (including phenoxy) is 1. The van der Waals surface area contributed by atoms with Crippen LogP contribution < -0.4 is 5.32 Å². The second-order valence-corrected chi connectivity index (χ2v) is 3.64. The summed E-state index contributed by atoms with van der Waals surface area (Å²) in [6.45, 7) is 0.240. The third-order valence-electron chi connectivity index (χ3n) is 2.32. The predicted molar refractivity (Wildman–Crippen MR) is 64.8 cm³/mol. The van der Waals surface area contributed by atoms with Crippen LogP contribution in [0.4, 0.5) is 0 Å². The van der Waals surface area contributed by atoms with Crippen LogP contribution in [0.2, 0.25) is 0 Å². The average molecular weight is 266 g/mol. The van der Waals surface area contributed by atoms with E-state index in [0.717, 1.165) is 0 Å². The second-order valence-electron chi connectivity index (χ2n) is 3.64. The molecule has 0 aliphatic rings. The molecule has 0 unspecified atom stereocenters. The molecule has 0 radical (unpaired) electrons. The van der Waals surface area contributed by atoms with Gasteiger partial charge in [0.1, 0.15) is 5.69 Å². The SMILES string of the molecule is COC(=O)CCCNC(=O)c1ncccc1C(=O)O. The highest BCUT2D eigenvalue weighted by Gasteiger charge is 2.16. The summed E-state index contributed by atoms with van der Waals surface area (Å²) in [5.74, 6) is -2.16. The van der Waals surface area contributed by atoms with Crippen LogP contribution in [0.25, 0.3) is 0 Å². The fourth-order valence-electron chi connectivity index (χ4n) is 1.38. The highest BCUT2D eigenvalue weighted by molar-refractivity contribution is 6.03. The number of pyridine rings is 1. The summed E-state index contributed by atoms with van der Waals surface area (Å²) in [5.41, 5.74) is -0.305. The quantitative estimate of drug-likeness (QED) is 0.572. The maximum absolute atomic E-state index is 11.7. The first-order valence-corrected chi connectivity index (χ1v) is 5.59. The van der Waals surface area contributed by atoms with Crippen molar-refractivity contribution in [3.05, 3.63) is 29.6 Å². The zero-order valence-electron chi connectivity index (χ0n) is 10.4. The van der Waals surface area contributed by atoms with E-state index in [4.69, 9.17) is 5.11 Å². The van der Waals surface area contributed by atoms with Gasteiger partial charge in [-0.2, -0.15) is 0 Å². The molecule has 0 saturated heterocycles. The smallest absolute Gasteiger partial charge is 0.338 e. The van der Waals surface area contributed by atoms with E-state index in [1.807, 2.05) is 0 Å². The average Bonchev–Trinajstić information content (AvgIpc) is 2.42. The highest BCUT2D eigenvalue weighted by Crippen LogP contribution is 2.05. The molecular formula is C12H14N2O5. The molecule has 1 amide bonds. The highest BCUT2D eigenvalue weighted by atomic mass is 16.5. The first-order chi connectivity index (χ1) is 9.06. The number of amides is 1. The summed E-state index contributed by atoms with van der Waals surface area (Å²) in [5, 5.41) is 11.4. The molecule has 0 aliphatic heterocycles. The number of methoxy groups -OCH3 is 1. The number of carbonyl (C=O) groups is 3. The van der Waals surface area contributed by atoms with E-state index in [-0.39, 0.29) is 30.2 Å². The number of nitrogens with one attached hydrogen (secondary N) is 1. The van der Waals surface area contributed by atoms with E-state index in [9.17, 15) is 14.4 Å². The minimum absolute atomic E-state index is 0.145. The lowest BCUT2D eigenvalue weighted by atomic mass is 10.2. The van der Waals surface area contributed by atoms with Crippen molar-refractivity contribution < 1.29 is 24.2 Å². The third-order valence-corrected chi connectivity index (χ3v) is 2.32. The summed E-state index contributed by atoms with van der Waals surface area (Å²) < 4.78 is 4.45. The number of rotatable bonds is 6. The zero-order chi connectivity index (χ0) is 14.3. The number of esters is 1. The number of carboxylic acids is 1. The fraction of sp³-hybridized carbons (Fsp3) is 0.333. The molecule has 0 spiro atoms. The molecule has 1 aromatic rings. The Morgan fingerprint density at radius 2 is 2.16 bits per heavy atom. The number of carbonyl (C=O) groups excluding carboxylic acids is 2. The molecule has 0 saturated carbocycles. The molecule has 0 aliphatic carbocycles. The Balaban J connectivity index is 2.55. The summed E-state index contributed by atoms with van der Waals surface area (Å²) in [6.07, 6.45) is 1.94. The van der Waals surface area contributed by atoms with Crippen LogP contribution in [0.5, 0.6) is 0 Å². The minimum atomic E-state index is -1.21. The van der Waals surface area contributed by atoms with Crippen LogP contribution in [0.15, 0.2) is 18.3 Å². The largest absolute Gasteiger partial charge is 0.478 e. The van der Waals surface area contributed by atoms with Crippen molar-refractivity contribution in [3.8, 4) is 0 Å². The Bertz CT molecular complexity index is 487. The second kappa shape index (κ2) is 7.10. The summed E-state index contributed by atoms with van der Waals surface area (Å²) in [7, 11) is 1.29. The fourth-order valence-corrected chi connectivity index (χ4v) is 1.38. The van der Waals surface area contributed by atoms with E-state index in [1.165, 1.54) is 25.4 Å². The summed E-state index contributed by atoms with van der Waals surface area (Å²) in [6, 6.07) is 2.75. The molecule has 7 nitrogen and oxygen atoms in total. The van der Waals surface area contributed by atoms with Crippen molar-refractivity contribution in [2.45, 2.75) is 12.8 Å². The third kappa shape index (κ3) is 4.38. The van der Waals surface area contributed by atoms with Crippen LogP contribution >= 0.6 is 0 Å². The van der Waals surface area contributed by atoms with Gasteiger partial charge in [-0.3, -0.25) is 14.6 Å². The van der Waals surface area contributed by atoms with Gasteiger partial charge in [0.15, 0.2) is 0 Å². The monoisotopic (exact) mass is 266 g/mol. The van der Waals surface area contributed by atoms with Gasteiger partial charge in [-0.1, -0.05) is 0 Å². The van der Waals surface area contributed by atoms with Crippen LogP contribution in [-0.4, -0.2) is 41.6 Å². The lowest BCUT2D eigenvalue weighted by molar-refractivity contribution is -0.140. The predicted octanol–water partition coefficient (Wildman–Crippen LogP) is 0.463. The van der Waals surface area contributed by atoms with Crippen molar-refractivity contribution in [3.63, 3.8) is 0 Å². The molecule has 0 fully saturated rings. The number of aromatic carboxylic acids is 1. The van der Waals surface area contributed by atoms with Crippen molar-refractivity contribution in [1.82, 2.24) is 10.3 Å². The molecular weight excluding hydrogens is 252 g/mol. The zero-order valence-corrected chi connectivity index (χ0v) is 10.4. The first kappa shape index (κ1) is 14.6. The lowest BCUT2D eigenvalue weighted by Crippen LogP contribution is -2.27. The van der Waals surface area contributed by atoms with Gasteiger partial charge in [0.2, 0.25) is 0 Å². The van der Waals surface area contributed by atoms with Crippen molar-refractivity contribution in [2.75, 3.05) is 13.7 Å². The van der Waals surface area contributed by atoms with Gasteiger partial charge in [0, 0.05) is 19.2 Å². The molecule has 0 aromatic carbocycles. The van der Waals surface area contributed by atoms with Crippen LogP contribution in [0, 0.1) is 0 Å². The van der Waals surface area contributed by atoms with E-state index in [1.54, 1.807) is 0 Å². The van der Waals surface area contributed by atoms with Crippen molar-refractivity contribution in [1.29, 1.82) is 0 Å². The summed E-state index contributed by atoms with van der Waals surface area (Å²) >= 11 is 0. The van der Waals surface area contributed by atoms with Gasteiger partial charge in [0.25, 0.3) is 5.91 Å². The molecule has 102 valence electrons. The minimum Gasteiger partial charge on any atom is -0.478 e. The van der Waals surface area contributed by atoms with Crippen molar-refractivity contribution >= 4 is 17.8 Å². The van der Waals surface area contributed by atoms with Gasteiger partial charge in [-0.15, -0.1) is 0 Å². The van der Waals surface area contributed by atoms with Crippen LogP contribution in [0.1, 0.15) is 33.7 Å². The molecule has 19 heavy (non-hydrogen) atoms. The Kier molecular flexibility index (Phi) is 5.46. The number of nitrogens with zero attached hydrogens (tertiary/aromatic N) is 1. The van der Waals surface area contributed by atoms with E-state index in [2.05, 4.69) is 15.0 Å². The standard InChI is InChI=1S/C12H14N2O5/c1-19-9(15)5-3-7-14-11(16)10-8(12(17)18)4-2-6-13-10/h2,4,6H,3,5,7H2,1H3,(H,14,16)(H,17,18). The lowest BCUT2D eigenvalue weighted by Gasteiger charge is -2.06. The van der Waals surface area contributed by atoms with E-state index >= 15 is 0 Å². The molecule has 0 bridgehead atoms. The number of hydrogen-bond acceptors (Lipinski definition) is 5. The van der Waals surface area contributed by atoms with Gasteiger partial charge in [-0.05, 0) is 18.6 Å². The van der Waals surface area contributed by atoms with Gasteiger partial charge in [0.05, 0.1) is 12.7 Å². The van der Waals surface area contributed by atoms with Gasteiger partial charge < -0.3 is 15.2 Å². The maximum Gasteiger partial charge on any atom is 0.338 e. The summed E-state index contributed by atoms with van der Waals surface area (Å²) in [4.78, 5) is 37.2. The molecule has 7 heteroatoms. The first-order valence-electron chi connectivity index (χ1n) is 5.59. The van der Waals surface area contributed by atoms with Crippen LogP contribution in [-0.2, 0) is 9.53 Å². The molecule has 1 aromatic heterocycles. The molecule has 1 rings (SSSR count). The molecule has 2 N–H and O–H groups in total. The number of carboxylic acid groups (broad SMARTS) is 1. The Hall–Kier alpha value is -2.44. The Morgan fingerprint density at radius 1 is 1.42 bits per heavy atom. The Morgan fingerprint density at radius 3 is 2.79 bits per heavy atom. The topological polar surface area (TPSA) is 106 Å². The van der Waals surface area contributed by atoms with Crippen molar-refractivity contribution in [2.24, 2.45) is 0 Å². The number of hydrogen-bond donors (Lipinski definition) is 2. The maximum atomic E-state index is 11.7. The molecule has 0 atom stereocenters. The van der Waals surface area contributed by atoms with Crippen LogP contribution in [0.3, 0.4) is 0 Å². The Labute approximate surface area is 109 Å². The van der Waals surface area contributed by atoms with E-state index in [0.29, 0.717) is 6.42 Å². The normalized spacial score (nSPS) is 9.74. The number of aromatic nitrogens is 1. The van der Waals surface area contributed by atoms with Gasteiger partial charge in [-0.25, -0.2) is 4.79 Å².